The molecule has 2 N–H and O–H groups in total. The van der Waals surface area contributed by atoms with E-state index in [1.807, 2.05) is 24.3 Å². The van der Waals surface area contributed by atoms with E-state index >= 15 is 0 Å². The van der Waals surface area contributed by atoms with Gasteiger partial charge in [0.05, 0.1) is 18.5 Å². The van der Waals surface area contributed by atoms with Crippen LogP contribution < -0.4 is 10.5 Å². The molecule has 102 valence electrons. The molecule has 0 atom stereocenters. The van der Waals surface area contributed by atoms with Crippen molar-refractivity contribution in [2.75, 3.05) is 7.11 Å². The lowest BCUT2D eigenvalue weighted by molar-refractivity contribution is 0.0997. The molecule has 2 aromatic rings. The van der Waals surface area contributed by atoms with Crippen LogP contribution in [0.15, 0.2) is 30.6 Å². The van der Waals surface area contributed by atoms with E-state index in [4.69, 9.17) is 10.5 Å². The summed E-state index contributed by atoms with van der Waals surface area (Å²) in [6.07, 6.45) is 8.34. The summed E-state index contributed by atoms with van der Waals surface area (Å²) < 4.78 is 7.53. The number of amides is 1. The second kappa shape index (κ2) is 4.85. The Morgan fingerprint density at radius 1 is 1.50 bits per heavy atom. The lowest BCUT2D eigenvalue weighted by Crippen LogP contribution is -2.14. The monoisotopic (exact) mass is 269 g/mol. The van der Waals surface area contributed by atoms with Crippen LogP contribution in [-0.2, 0) is 6.54 Å². The Balaban J connectivity index is 2.34. The molecule has 1 aliphatic heterocycles. The van der Waals surface area contributed by atoms with E-state index in [2.05, 4.69) is 9.55 Å². The summed E-state index contributed by atoms with van der Waals surface area (Å²) in [5, 5.41) is 0. The summed E-state index contributed by atoms with van der Waals surface area (Å²) in [6.45, 7) is 0.791. The zero-order chi connectivity index (χ0) is 14.1. The minimum Gasteiger partial charge on any atom is -0.494 e. The van der Waals surface area contributed by atoms with Gasteiger partial charge < -0.3 is 15.0 Å². The minimum atomic E-state index is -0.479. The van der Waals surface area contributed by atoms with E-state index in [0.717, 1.165) is 29.9 Å². The standard InChI is InChI=1S/C15H15N3O2/c1-20-14-12(15(16)19)11-6-2-3-8-18(11)13(14)10-5-4-7-17-9-10/h2,4-7,9H,3,8H2,1H3,(H2,16,19). The summed E-state index contributed by atoms with van der Waals surface area (Å²) in [6, 6.07) is 3.80. The van der Waals surface area contributed by atoms with Crippen LogP contribution in [0.1, 0.15) is 22.5 Å². The summed E-state index contributed by atoms with van der Waals surface area (Å²) in [5.41, 5.74) is 8.53. The van der Waals surface area contributed by atoms with Gasteiger partial charge in [-0.3, -0.25) is 9.78 Å². The van der Waals surface area contributed by atoms with Crippen LogP contribution in [0.4, 0.5) is 0 Å². The predicted molar refractivity (Wildman–Crippen MR) is 76.4 cm³/mol. The Morgan fingerprint density at radius 2 is 2.35 bits per heavy atom. The molecule has 2 aromatic heterocycles. The van der Waals surface area contributed by atoms with E-state index < -0.39 is 5.91 Å². The zero-order valence-corrected chi connectivity index (χ0v) is 11.2. The Labute approximate surface area is 116 Å². The maximum atomic E-state index is 11.8. The number of carbonyl (C=O) groups is 1. The number of fused-ring (bicyclic) bond motifs is 1. The molecular formula is C15H15N3O2. The molecule has 3 heterocycles. The third kappa shape index (κ3) is 1.79. The van der Waals surface area contributed by atoms with Gasteiger partial charge in [0.25, 0.3) is 5.91 Å². The molecule has 0 saturated carbocycles. The number of allylic oxidation sites excluding steroid dienone is 1. The smallest absolute Gasteiger partial charge is 0.254 e. The number of rotatable bonds is 3. The number of aromatic nitrogens is 2. The number of nitrogens with two attached hydrogens (primary N) is 1. The SMILES string of the molecule is COc1c(C(N)=O)c2n(c1-c1cccnc1)CCC=C2. The highest BCUT2D eigenvalue weighted by molar-refractivity contribution is 6.02. The Bertz CT molecular complexity index is 687. The second-order valence-electron chi connectivity index (χ2n) is 4.59. The van der Waals surface area contributed by atoms with E-state index in [1.54, 1.807) is 19.5 Å². The highest BCUT2D eigenvalue weighted by atomic mass is 16.5. The van der Waals surface area contributed by atoms with Crippen LogP contribution in [0.5, 0.6) is 5.75 Å². The minimum absolute atomic E-state index is 0.433. The fraction of sp³-hybridized carbons (Fsp3) is 0.200. The number of hydrogen-bond donors (Lipinski definition) is 1. The van der Waals surface area contributed by atoms with E-state index in [9.17, 15) is 4.79 Å². The van der Waals surface area contributed by atoms with Gasteiger partial charge in [-0.15, -0.1) is 0 Å². The summed E-state index contributed by atoms with van der Waals surface area (Å²) in [4.78, 5) is 15.9. The Kier molecular flexibility index (Phi) is 3.02. The van der Waals surface area contributed by atoms with Crippen molar-refractivity contribution < 1.29 is 9.53 Å². The summed E-state index contributed by atoms with van der Waals surface area (Å²) in [7, 11) is 1.55. The van der Waals surface area contributed by atoms with Gasteiger partial charge in [0, 0.05) is 24.5 Å². The Hall–Kier alpha value is -2.56. The molecule has 0 unspecified atom stereocenters. The number of methoxy groups -OCH3 is 1. The molecule has 0 spiro atoms. The first-order valence-electron chi connectivity index (χ1n) is 6.41. The first-order valence-corrected chi connectivity index (χ1v) is 6.41. The van der Waals surface area contributed by atoms with Crippen LogP contribution in [0.2, 0.25) is 0 Å². The molecule has 5 nitrogen and oxygen atoms in total. The molecule has 3 rings (SSSR count). The first-order chi connectivity index (χ1) is 9.74. The van der Waals surface area contributed by atoms with Gasteiger partial charge in [0.15, 0.2) is 5.75 Å². The van der Waals surface area contributed by atoms with Crippen molar-refractivity contribution in [3.63, 3.8) is 0 Å². The fourth-order valence-corrected chi connectivity index (χ4v) is 2.64. The third-order valence-corrected chi connectivity index (χ3v) is 3.44. The van der Waals surface area contributed by atoms with Gasteiger partial charge in [-0.05, 0) is 24.6 Å². The first kappa shape index (κ1) is 12.5. The Morgan fingerprint density at radius 3 is 3.00 bits per heavy atom. The maximum Gasteiger partial charge on any atom is 0.254 e. The van der Waals surface area contributed by atoms with Gasteiger partial charge in [0.2, 0.25) is 0 Å². The van der Waals surface area contributed by atoms with Crippen LogP contribution in [-0.4, -0.2) is 22.6 Å². The highest BCUT2D eigenvalue weighted by Crippen LogP contribution is 2.39. The maximum absolute atomic E-state index is 11.8. The van der Waals surface area contributed by atoms with Crippen LogP contribution in [0.25, 0.3) is 17.3 Å². The molecule has 20 heavy (non-hydrogen) atoms. The van der Waals surface area contributed by atoms with E-state index in [1.165, 1.54) is 0 Å². The number of carbonyl (C=O) groups excluding carboxylic acids is 1. The lowest BCUT2D eigenvalue weighted by atomic mass is 10.1. The van der Waals surface area contributed by atoms with Crippen molar-refractivity contribution in [3.05, 3.63) is 41.9 Å². The predicted octanol–water partition coefficient (Wildman–Crippen LogP) is 2.07. The lowest BCUT2D eigenvalue weighted by Gasteiger charge is -2.14. The molecule has 5 heteroatoms. The zero-order valence-electron chi connectivity index (χ0n) is 11.2. The number of primary amides is 1. The van der Waals surface area contributed by atoms with Crippen molar-refractivity contribution in [3.8, 4) is 17.0 Å². The van der Waals surface area contributed by atoms with Crippen molar-refractivity contribution in [2.24, 2.45) is 5.73 Å². The van der Waals surface area contributed by atoms with Gasteiger partial charge >= 0.3 is 0 Å². The molecule has 0 radical (unpaired) electrons. The molecule has 0 fully saturated rings. The summed E-state index contributed by atoms with van der Waals surface area (Å²) in [5.74, 6) is 0.0411. The van der Waals surface area contributed by atoms with Gasteiger partial charge in [-0.25, -0.2) is 0 Å². The average molecular weight is 269 g/mol. The van der Waals surface area contributed by atoms with Crippen molar-refractivity contribution in [2.45, 2.75) is 13.0 Å². The molecule has 1 amide bonds. The van der Waals surface area contributed by atoms with Crippen molar-refractivity contribution in [1.82, 2.24) is 9.55 Å². The molecule has 0 aromatic carbocycles. The van der Waals surface area contributed by atoms with Gasteiger partial charge in [-0.2, -0.15) is 0 Å². The van der Waals surface area contributed by atoms with Gasteiger partial charge in [0.1, 0.15) is 5.56 Å². The number of hydrogen-bond acceptors (Lipinski definition) is 3. The molecule has 0 aliphatic carbocycles. The largest absolute Gasteiger partial charge is 0.494 e. The van der Waals surface area contributed by atoms with Crippen LogP contribution in [0.3, 0.4) is 0 Å². The second-order valence-corrected chi connectivity index (χ2v) is 4.59. The molecular weight excluding hydrogens is 254 g/mol. The average Bonchev–Trinajstić information content (AvgIpc) is 2.82. The molecule has 0 bridgehead atoms. The van der Waals surface area contributed by atoms with Crippen molar-refractivity contribution >= 4 is 12.0 Å². The van der Waals surface area contributed by atoms with Gasteiger partial charge in [-0.1, -0.05) is 6.08 Å². The fourth-order valence-electron chi connectivity index (χ4n) is 2.64. The number of nitrogens with zero attached hydrogens (tertiary/aromatic N) is 2. The quantitative estimate of drug-likeness (QED) is 0.927. The van der Waals surface area contributed by atoms with Crippen LogP contribution in [0, 0.1) is 0 Å². The van der Waals surface area contributed by atoms with E-state index in [-0.39, 0.29) is 0 Å². The molecule has 1 aliphatic rings. The number of ether oxygens (including phenoxy) is 1. The number of pyridine rings is 1. The normalized spacial score (nSPS) is 13.1. The molecule has 0 saturated heterocycles. The highest BCUT2D eigenvalue weighted by Gasteiger charge is 2.27. The third-order valence-electron chi connectivity index (χ3n) is 3.44. The topological polar surface area (TPSA) is 70.1 Å². The van der Waals surface area contributed by atoms with Crippen molar-refractivity contribution in [1.29, 1.82) is 0 Å². The summed E-state index contributed by atoms with van der Waals surface area (Å²) >= 11 is 0. The van der Waals surface area contributed by atoms with E-state index in [0.29, 0.717) is 11.3 Å². The van der Waals surface area contributed by atoms with Crippen LogP contribution >= 0.6 is 0 Å².